The van der Waals surface area contributed by atoms with Gasteiger partial charge in [0.2, 0.25) is 5.91 Å². The molecule has 0 radical (unpaired) electrons. The van der Waals surface area contributed by atoms with Crippen molar-refractivity contribution in [1.82, 2.24) is 10.2 Å². The van der Waals surface area contributed by atoms with Crippen LogP contribution in [0, 0.1) is 6.92 Å². The summed E-state index contributed by atoms with van der Waals surface area (Å²) in [6, 6.07) is 7.12. The van der Waals surface area contributed by atoms with E-state index in [0.29, 0.717) is 31.9 Å². The zero-order valence-corrected chi connectivity index (χ0v) is 15.3. The third kappa shape index (κ3) is 4.84. The monoisotopic (exact) mass is 378 g/mol. The topological polar surface area (TPSA) is 108 Å². The first-order valence-electron chi connectivity index (χ1n) is 9.17. The Labute approximate surface area is 158 Å². The molecular formula is C19H26N2O6. The Morgan fingerprint density at radius 2 is 1.74 bits per heavy atom. The molecule has 3 rings (SSSR count). The molecule has 1 aromatic rings. The molecule has 2 fully saturated rings. The second kappa shape index (κ2) is 8.79. The van der Waals surface area contributed by atoms with E-state index in [1.807, 2.05) is 19.1 Å². The minimum atomic E-state index is -1.17. The van der Waals surface area contributed by atoms with Gasteiger partial charge in [-0.15, -0.1) is 0 Å². The Balaban J connectivity index is 1.50. The van der Waals surface area contributed by atoms with Gasteiger partial charge in [0.05, 0.1) is 25.7 Å². The molecule has 148 valence electrons. The number of hydrogen-bond donors (Lipinski definition) is 3. The van der Waals surface area contributed by atoms with Crippen molar-refractivity contribution < 1.29 is 29.3 Å². The van der Waals surface area contributed by atoms with Gasteiger partial charge in [-0.05, 0) is 19.1 Å². The number of benzene rings is 1. The Bertz CT molecular complexity index is 659. The van der Waals surface area contributed by atoms with Crippen LogP contribution in [-0.4, -0.2) is 84.2 Å². The van der Waals surface area contributed by atoms with Crippen molar-refractivity contribution in [2.75, 3.05) is 32.8 Å². The van der Waals surface area contributed by atoms with E-state index in [1.165, 1.54) is 0 Å². The predicted molar refractivity (Wildman–Crippen MR) is 96.2 cm³/mol. The minimum Gasteiger partial charge on any atom is -0.388 e. The molecule has 2 saturated heterocycles. The lowest BCUT2D eigenvalue weighted by atomic mass is 10.0. The molecule has 0 saturated carbocycles. The van der Waals surface area contributed by atoms with Crippen LogP contribution in [0.1, 0.15) is 22.3 Å². The number of carbonyl (C=O) groups is 2. The molecule has 0 spiro atoms. The summed E-state index contributed by atoms with van der Waals surface area (Å²) >= 11 is 0. The predicted octanol–water partition coefficient (Wildman–Crippen LogP) is -0.537. The maximum atomic E-state index is 12.3. The third-order valence-electron chi connectivity index (χ3n) is 4.98. The number of rotatable bonds is 5. The van der Waals surface area contributed by atoms with E-state index in [-0.39, 0.29) is 24.8 Å². The molecule has 8 nitrogen and oxygen atoms in total. The molecule has 0 aromatic heterocycles. The number of hydrogen-bond acceptors (Lipinski definition) is 6. The van der Waals surface area contributed by atoms with E-state index in [4.69, 9.17) is 9.47 Å². The van der Waals surface area contributed by atoms with Gasteiger partial charge >= 0.3 is 0 Å². The SMILES string of the molecule is Cc1ccc(C(=O)NCC2OC(CC(=O)N3CCOCC3)C(O)C2O)cc1. The fraction of sp³-hybridized carbons (Fsp3) is 0.579. The Morgan fingerprint density at radius 3 is 2.41 bits per heavy atom. The van der Waals surface area contributed by atoms with E-state index >= 15 is 0 Å². The lowest BCUT2D eigenvalue weighted by molar-refractivity contribution is -0.139. The molecule has 2 amide bonds. The number of carbonyl (C=O) groups excluding carboxylic acids is 2. The lowest BCUT2D eigenvalue weighted by Gasteiger charge is -2.28. The molecule has 8 heteroatoms. The van der Waals surface area contributed by atoms with Crippen LogP contribution in [0.25, 0.3) is 0 Å². The first kappa shape index (κ1) is 19.8. The zero-order chi connectivity index (χ0) is 19.4. The van der Waals surface area contributed by atoms with Crippen LogP contribution in [0.3, 0.4) is 0 Å². The van der Waals surface area contributed by atoms with E-state index in [0.717, 1.165) is 5.56 Å². The molecule has 4 atom stereocenters. The third-order valence-corrected chi connectivity index (χ3v) is 4.98. The Hall–Kier alpha value is -2.00. The van der Waals surface area contributed by atoms with Gasteiger partial charge in [-0.3, -0.25) is 9.59 Å². The van der Waals surface area contributed by atoms with Crippen LogP contribution in [0.5, 0.6) is 0 Å². The maximum absolute atomic E-state index is 12.3. The standard InChI is InChI=1S/C19H26N2O6/c1-12-2-4-13(5-3-12)19(25)20-11-15-18(24)17(23)14(27-15)10-16(22)21-6-8-26-9-7-21/h2-5,14-15,17-18,23-24H,6-11H2,1H3,(H,20,25). The van der Waals surface area contributed by atoms with Gasteiger partial charge < -0.3 is 29.9 Å². The van der Waals surface area contributed by atoms with Crippen LogP contribution >= 0.6 is 0 Å². The fourth-order valence-corrected chi connectivity index (χ4v) is 3.28. The quantitative estimate of drug-likeness (QED) is 0.635. The lowest BCUT2D eigenvalue weighted by Crippen LogP contribution is -2.43. The van der Waals surface area contributed by atoms with E-state index in [2.05, 4.69) is 5.32 Å². The number of amides is 2. The van der Waals surface area contributed by atoms with Crippen LogP contribution in [0.2, 0.25) is 0 Å². The van der Waals surface area contributed by atoms with Crippen molar-refractivity contribution >= 4 is 11.8 Å². The van der Waals surface area contributed by atoms with Gasteiger partial charge in [0, 0.05) is 25.2 Å². The summed E-state index contributed by atoms with van der Waals surface area (Å²) in [6.45, 7) is 4.00. The van der Waals surface area contributed by atoms with Crippen molar-refractivity contribution in [3.05, 3.63) is 35.4 Å². The van der Waals surface area contributed by atoms with E-state index in [1.54, 1.807) is 17.0 Å². The molecular weight excluding hydrogens is 352 g/mol. The van der Waals surface area contributed by atoms with Crippen LogP contribution in [-0.2, 0) is 14.3 Å². The highest BCUT2D eigenvalue weighted by atomic mass is 16.5. The number of ether oxygens (including phenoxy) is 2. The molecule has 2 heterocycles. The number of nitrogens with zero attached hydrogens (tertiary/aromatic N) is 1. The minimum absolute atomic E-state index is 0.0133. The molecule has 4 unspecified atom stereocenters. The van der Waals surface area contributed by atoms with E-state index in [9.17, 15) is 19.8 Å². The summed E-state index contributed by atoms with van der Waals surface area (Å²) in [7, 11) is 0. The number of aryl methyl sites for hydroxylation is 1. The summed E-state index contributed by atoms with van der Waals surface area (Å²) in [6.07, 6.45) is -3.91. The van der Waals surface area contributed by atoms with Crippen molar-refractivity contribution in [1.29, 1.82) is 0 Å². The van der Waals surface area contributed by atoms with Crippen LogP contribution < -0.4 is 5.32 Å². The smallest absolute Gasteiger partial charge is 0.251 e. The zero-order valence-electron chi connectivity index (χ0n) is 15.3. The first-order chi connectivity index (χ1) is 13.0. The van der Waals surface area contributed by atoms with Crippen molar-refractivity contribution in [3.63, 3.8) is 0 Å². The van der Waals surface area contributed by atoms with Gasteiger partial charge in [-0.25, -0.2) is 0 Å². The van der Waals surface area contributed by atoms with Gasteiger partial charge in [0.1, 0.15) is 18.3 Å². The summed E-state index contributed by atoms with van der Waals surface area (Å²) < 4.78 is 10.9. The highest BCUT2D eigenvalue weighted by Crippen LogP contribution is 2.24. The average Bonchev–Trinajstić information content (AvgIpc) is 2.95. The maximum Gasteiger partial charge on any atom is 0.251 e. The summed E-state index contributed by atoms with van der Waals surface area (Å²) in [5, 5.41) is 23.1. The summed E-state index contributed by atoms with van der Waals surface area (Å²) in [5.74, 6) is -0.424. The molecule has 3 N–H and O–H groups in total. The molecule has 0 aliphatic carbocycles. The number of nitrogens with one attached hydrogen (secondary N) is 1. The fourth-order valence-electron chi connectivity index (χ4n) is 3.28. The Morgan fingerprint density at radius 1 is 1.11 bits per heavy atom. The summed E-state index contributed by atoms with van der Waals surface area (Å²) in [5.41, 5.74) is 1.56. The van der Waals surface area contributed by atoms with Crippen LogP contribution in [0.4, 0.5) is 0 Å². The second-order valence-electron chi connectivity index (χ2n) is 6.97. The molecule has 0 bridgehead atoms. The van der Waals surface area contributed by atoms with Gasteiger partial charge in [-0.1, -0.05) is 17.7 Å². The van der Waals surface area contributed by atoms with Crippen molar-refractivity contribution in [3.8, 4) is 0 Å². The first-order valence-corrected chi connectivity index (χ1v) is 9.17. The average molecular weight is 378 g/mol. The number of aliphatic hydroxyl groups excluding tert-OH is 2. The van der Waals surface area contributed by atoms with Crippen molar-refractivity contribution in [2.45, 2.75) is 37.8 Å². The normalized spacial score (nSPS) is 28.2. The number of morpholine rings is 1. The summed E-state index contributed by atoms with van der Waals surface area (Å²) in [4.78, 5) is 26.2. The Kier molecular flexibility index (Phi) is 6.43. The highest BCUT2D eigenvalue weighted by molar-refractivity contribution is 5.94. The van der Waals surface area contributed by atoms with Crippen molar-refractivity contribution in [2.24, 2.45) is 0 Å². The molecule has 27 heavy (non-hydrogen) atoms. The highest BCUT2D eigenvalue weighted by Gasteiger charge is 2.43. The number of aliphatic hydroxyl groups is 2. The van der Waals surface area contributed by atoms with Gasteiger partial charge in [0.15, 0.2) is 0 Å². The molecule has 1 aromatic carbocycles. The van der Waals surface area contributed by atoms with E-state index < -0.39 is 24.4 Å². The largest absolute Gasteiger partial charge is 0.388 e. The van der Waals surface area contributed by atoms with Gasteiger partial charge in [0.25, 0.3) is 5.91 Å². The molecule has 2 aliphatic rings. The van der Waals surface area contributed by atoms with Crippen LogP contribution in [0.15, 0.2) is 24.3 Å². The molecule has 2 aliphatic heterocycles. The van der Waals surface area contributed by atoms with Gasteiger partial charge in [-0.2, -0.15) is 0 Å². The second-order valence-corrected chi connectivity index (χ2v) is 6.97.